The summed E-state index contributed by atoms with van der Waals surface area (Å²) in [5.41, 5.74) is 23.8. The van der Waals surface area contributed by atoms with Gasteiger partial charge in [-0.1, -0.05) is 39.8 Å². The number of amides is 4. The number of carbonyl (C=O) groups excluding carboxylic acids is 4. The number of benzene rings is 2. The van der Waals surface area contributed by atoms with E-state index in [4.69, 9.17) is 21.4 Å². The Bertz CT molecular complexity index is 1950. The molecule has 9 N–H and O–H groups in total. The molecule has 0 spiro atoms. The molecule has 2 atom stereocenters. The highest BCUT2D eigenvalue weighted by atomic mass is 16.5. The minimum atomic E-state index is -0.745. The average molecular weight is 787 g/mol. The Morgan fingerprint density at radius 3 is 1.47 bits per heavy atom. The second-order valence-corrected chi connectivity index (χ2v) is 14.9. The molecular weight excluding hydrogens is 729 g/mol. The van der Waals surface area contributed by atoms with Crippen LogP contribution in [0.1, 0.15) is 101 Å². The number of carbonyl (C=O) groups is 4. The zero-order valence-corrected chi connectivity index (χ0v) is 34.1. The number of nitrogens with one attached hydrogen (secondary N) is 3. The number of methoxy groups -OCH3 is 2. The van der Waals surface area contributed by atoms with E-state index in [1.54, 1.807) is 0 Å². The van der Waals surface area contributed by atoms with E-state index in [1.165, 1.54) is 21.3 Å². The SMILES string of the molecule is CC(C)CC(=O)N1CCC[C@H]1c1nc2ccc(/C(N)=C/C=C(\N)c3ccc4nc([C@@H]5CCCN5C(=O)CC(C)C)[nH]c4c3)cc2[nH]1.CNC(=O)OC.COC(N)=O. The number of hydrogen-bond donors (Lipinski definition) is 6. The molecule has 2 fully saturated rings. The highest BCUT2D eigenvalue weighted by molar-refractivity contribution is 5.84. The number of nitrogens with zero attached hydrogens (tertiary/aromatic N) is 4. The van der Waals surface area contributed by atoms with Gasteiger partial charge >= 0.3 is 12.2 Å². The predicted molar refractivity (Wildman–Crippen MR) is 221 cm³/mol. The Balaban J connectivity index is 0.000000577. The van der Waals surface area contributed by atoms with E-state index in [1.807, 2.05) is 58.4 Å². The zero-order valence-electron chi connectivity index (χ0n) is 34.1. The lowest BCUT2D eigenvalue weighted by Crippen LogP contribution is -2.31. The molecule has 2 aliphatic heterocycles. The first-order valence-electron chi connectivity index (χ1n) is 19.3. The second-order valence-electron chi connectivity index (χ2n) is 14.9. The van der Waals surface area contributed by atoms with E-state index in [0.717, 1.165) is 83.6 Å². The van der Waals surface area contributed by atoms with E-state index in [2.05, 4.69) is 58.2 Å². The smallest absolute Gasteiger partial charge is 0.406 e. The summed E-state index contributed by atoms with van der Waals surface area (Å²) >= 11 is 0. The van der Waals surface area contributed by atoms with E-state index >= 15 is 0 Å². The first-order valence-corrected chi connectivity index (χ1v) is 19.3. The number of aromatic nitrogens is 4. The third-order valence-electron chi connectivity index (χ3n) is 9.64. The number of hydrogen-bond acceptors (Lipinski definition) is 10. The van der Waals surface area contributed by atoms with E-state index in [9.17, 15) is 19.2 Å². The summed E-state index contributed by atoms with van der Waals surface area (Å²) in [6.45, 7) is 9.84. The second kappa shape index (κ2) is 20.2. The van der Waals surface area contributed by atoms with Crippen LogP contribution in [0.4, 0.5) is 9.59 Å². The Hall–Kier alpha value is -6.06. The lowest BCUT2D eigenvalue weighted by molar-refractivity contribution is -0.133. The fraction of sp³-hybridized carbons (Fsp3) is 0.463. The molecule has 0 radical (unpaired) electrons. The van der Waals surface area contributed by atoms with Crippen molar-refractivity contribution in [1.82, 2.24) is 35.1 Å². The normalized spacial score (nSPS) is 17.0. The van der Waals surface area contributed by atoms with Crippen LogP contribution >= 0.6 is 0 Å². The van der Waals surface area contributed by atoms with Crippen LogP contribution in [0.3, 0.4) is 0 Å². The predicted octanol–water partition coefficient (Wildman–Crippen LogP) is 5.84. The van der Waals surface area contributed by atoms with Crippen LogP contribution in [0.5, 0.6) is 0 Å². The van der Waals surface area contributed by atoms with Gasteiger partial charge in [0.15, 0.2) is 0 Å². The third-order valence-corrected chi connectivity index (χ3v) is 9.64. The van der Waals surface area contributed by atoms with Crippen molar-refractivity contribution in [3.8, 4) is 0 Å². The van der Waals surface area contributed by atoms with Gasteiger partial charge in [-0.05, 0) is 85.1 Å². The Morgan fingerprint density at radius 2 is 1.16 bits per heavy atom. The van der Waals surface area contributed by atoms with E-state index in [0.29, 0.717) is 36.1 Å². The summed E-state index contributed by atoms with van der Waals surface area (Å²) in [4.78, 5) is 65.4. The minimum Gasteiger partial charge on any atom is -0.453 e. The van der Waals surface area contributed by atoms with Crippen LogP contribution < -0.4 is 22.5 Å². The monoisotopic (exact) mass is 786 g/mol. The van der Waals surface area contributed by atoms with E-state index < -0.39 is 12.2 Å². The van der Waals surface area contributed by atoms with Crippen LogP contribution in [-0.2, 0) is 19.1 Å². The number of allylic oxidation sites excluding steroid dienone is 2. The van der Waals surface area contributed by atoms with E-state index in [-0.39, 0.29) is 23.9 Å². The molecule has 57 heavy (non-hydrogen) atoms. The number of fused-ring (bicyclic) bond motifs is 2. The van der Waals surface area contributed by atoms with Gasteiger partial charge in [0.2, 0.25) is 11.8 Å². The van der Waals surface area contributed by atoms with Gasteiger partial charge < -0.3 is 51.8 Å². The average Bonchev–Trinajstić information content (AvgIpc) is 4.01. The summed E-state index contributed by atoms with van der Waals surface area (Å²) in [7, 11) is 4.05. The molecule has 2 aromatic heterocycles. The molecule has 2 aromatic carbocycles. The lowest BCUT2D eigenvalue weighted by atomic mass is 10.1. The van der Waals surface area contributed by atoms with Crippen molar-refractivity contribution in [1.29, 1.82) is 0 Å². The van der Waals surface area contributed by atoms with Crippen molar-refractivity contribution >= 4 is 57.5 Å². The largest absolute Gasteiger partial charge is 0.453 e. The number of H-pyrrole nitrogens is 2. The summed E-state index contributed by atoms with van der Waals surface area (Å²) < 4.78 is 8.04. The summed E-state index contributed by atoms with van der Waals surface area (Å²) in [5, 5.41) is 2.25. The molecule has 4 amide bonds. The van der Waals surface area contributed by atoms with Crippen LogP contribution in [0, 0.1) is 11.8 Å². The number of aromatic amines is 2. The number of rotatable bonds is 9. The fourth-order valence-electron chi connectivity index (χ4n) is 6.84. The van der Waals surface area contributed by atoms with Crippen molar-refractivity contribution in [3.63, 3.8) is 0 Å². The van der Waals surface area contributed by atoms with Gasteiger partial charge in [0.25, 0.3) is 0 Å². The molecule has 16 heteroatoms. The maximum Gasteiger partial charge on any atom is 0.406 e. The number of alkyl carbamates (subject to hydrolysis) is 1. The molecule has 2 saturated heterocycles. The molecule has 0 unspecified atom stereocenters. The first-order chi connectivity index (χ1) is 27.1. The Kier molecular flexibility index (Phi) is 15.5. The molecule has 16 nitrogen and oxygen atoms in total. The molecule has 0 saturated carbocycles. The van der Waals surface area contributed by atoms with Crippen molar-refractivity contribution in [2.24, 2.45) is 29.0 Å². The van der Waals surface area contributed by atoms with Gasteiger partial charge in [0, 0.05) is 44.4 Å². The lowest BCUT2D eigenvalue weighted by Gasteiger charge is -2.24. The van der Waals surface area contributed by atoms with Gasteiger partial charge in [0.05, 0.1) is 48.4 Å². The maximum absolute atomic E-state index is 12.8. The number of imidazole rings is 2. The molecule has 6 rings (SSSR count). The van der Waals surface area contributed by atoms with Gasteiger partial charge in [-0.3, -0.25) is 9.59 Å². The summed E-state index contributed by atoms with van der Waals surface area (Å²) in [6, 6.07) is 11.8. The van der Waals surface area contributed by atoms with Gasteiger partial charge in [-0.15, -0.1) is 0 Å². The van der Waals surface area contributed by atoms with Crippen molar-refractivity contribution in [3.05, 3.63) is 71.3 Å². The van der Waals surface area contributed by atoms with Crippen LogP contribution in [0.2, 0.25) is 0 Å². The van der Waals surface area contributed by atoms with Crippen LogP contribution in [0.15, 0.2) is 48.6 Å². The molecule has 308 valence electrons. The molecule has 2 aliphatic rings. The Labute approximate surface area is 333 Å². The molecule has 0 aliphatic carbocycles. The number of likely N-dealkylation sites (tertiary alicyclic amines) is 2. The van der Waals surface area contributed by atoms with Gasteiger partial charge in [-0.2, -0.15) is 0 Å². The topological polar surface area (TPSA) is 241 Å². The van der Waals surface area contributed by atoms with Crippen LogP contribution in [-0.4, -0.2) is 88.1 Å². The number of ether oxygens (including phenoxy) is 2. The number of nitrogens with two attached hydrogens (primary N) is 3. The highest BCUT2D eigenvalue weighted by Crippen LogP contribution is 2.34. The molecular formula is C41H58N10O6. The van der Waals surface area contributed by atoms with Crippen molar-refractivity contribution in [2.45, 2.75) is 78.3 Å². The summed E-state index contributed by atoms with van der Waals surface area (Å²) in [6.07, 6.45) is 7.36. The Morgan fingerprint density at radius 1 is 0.754 bits per heavy atom. The minimum absolute atomic E-state index is 0.0227. The molecule has 0 bridgehead atoms. The van der Waals surface area contributed by atoms with Crippen molar-refractivity contribution < 1.29 is 28.7 Å². The third kappa shape index (κ3) is 11.7. The summed E-state index contributed by atoms with van der Waals surface area (Å²) in [5.74, 6) is 2.69. The van der Waals surface area contributed by atoms with Crippen molar-refractivity contribution in [2.75, 3.05) is 34.4 Å². The first kappa shape index (κ1) is 43.7. The fourth-order valence-corrected chi connectivity index (χ4v) is 6.84. The number of primary amides is 1. The van der Waals surface area contributed by atoms with Gasteiger partial charge in [0.1, 0.15) is 11.6 Å². The highest BCUT2D eigenvalue weighted by Gasteiger charge is 2.33. The maximum atomic E-state index is 12.8. The molecule has 4 heterocycles. The molecule has 4 aromatic rings. The van der Waals surface area contributed by atoms with Crippen LogP contribution in [0.25, 0.3) is 33.5 Å². The quantitative estimate of drug-likeness (QED) is 0.111. The zero-order chi connectivity index (χ0) is 41.8. The standard InChI is InChI=1S/C36H46N8O2.C3H7NO2.C2H5NO2/c1-21(2)17-33(45)43-15-5-7-31(43)35-39-27-13-9-23(19-29(27)41-35)25(37)11-12-26(38)24-10-14-28-30(20-24)42-36(40-28)32-8-6-16-44(32)34(46)18-22(3)4;1-4-3(5)6-2;1-5-2(3)4/h9-14,19-22,31-32H,5-8,15-18,37-38H2,1-4H3,(H,39,41)(H,40,42);1-2H3,(H,4,5);1H3,(H2,3,4)/b25-11-,26-12-;;/t31-,32-;;/m0../s1. The van der Waals surface area contributed by atoms with Gasteiger partial charge in [-0.25, -0.2) is 19.6 Å².